The number of unbranched alkanes of at least 4 members (excludes halogenated alkanes) is 4. The Bertz CT molecular complexity index is 528. The van der Waals surface area contributed by atoms with Gasteiger partial charge < -0.3 is 0 Å². The van der Waals surface area contributed by atoms with E-state index in [0.29, 0.717) is 5.92 Å². The van der Waals surface area contributed by atoms with Gasteiger partial charge in [0.05, 0.1) is 11.6 Å². The maximum atomic E-state index is 9.00. The van der Waals surface area contributed by atoms with E-state index in [4.69, 9.17) is 5.26 Å². The fraction of sp³-hybridized carbons (Fsp3) is 0.625. The molecule has 0 heterocycles. The van der Waals surface area contributed by atoms with Crippen LogP contribution in [-0.2, 0) is 0 Å². The van der Waals surface area contributed by atoms with Crippen LogP contribution in [0.1, 0.15) is 94.6 Å². The van der Waals surface area contributed by atoms with E-state index in [2.05, 4.69) is 37.8 Å². The number of rotatable bonds is 10. The maximum absolute atomic E-state index is 9.00. The van der Waals surface area contributed by atoms with E-state index in [1.165, 1.54) is 69.8 Å². The van der Waals surface area contributed by atoms with Gasteiger partial charge in [0.1, 0.15) is 0 Å². The zero-order valence-electron chi connectivity index (χ0n) is 16.1. The van der Waals surface area contributed by atoms with Gasteiger partial charge in [0, 0.05) is 0 Å². The fourth-order valence-corrected chi connectivity index (χ4v) is 4.50. The Balaban J connectivity index is 1.83. The number of allylic oxidation sites excluding steroid dienone is 1. The summed E-state index contributed by atoms with van der Waals surface area (Å²) >= 11 is 0. The highest BCUT2D eigenvalue weighted by Crippen LogP contribution is 2.41. The van der Waals surface area contributed by atoms with Crippen molar-refractivity contribution in [3.8, 4) is 6.07 Å². The van der Waals surface area contributed by atoms with Crippen LogP contribution < -0.4 is 0 Å². The molecule has 0 amide bonds. The summed E-state index contributed by atoms with van der Waals surface area (Å²) in [5.74, 6) is 2.32. The van der Waals surface area contributed by atoms with Gasteiger partial charge in [-0.05, 0) is 54.7 Å². The minimum Gasteiger partial charge on any atom is -0.192 e. The first-order chi connectivity index (χ1) is 12.3. The van der Waals surface area contributed by atoms with Gasteiger partial charge in [-0.1, -0.05) is 76.5 Å². The average Bonchev–Trinajstić information content (AvgIpc) is 2.67. The third-order valence-electron chi connectivity index (χ3n) is 6.06. The van der Waals surface area contributed by atoms with Crippen LogP contribution in [0.4, 0.5) is 0 Å². The van der Waals surface area contributed by atoms with E-state index in [9.17, 15) is 0 Å². The van der Waals surface area contributed by atoms with E-state index in [-0.39, 0.29) is 0 Å². The summed E-state index contributed by atoms with van der Waals surface area (Å²) < 4.78 is 0. The Kier molecular flexibility index (Phi) is 8.81. The molecule has 0 spiro atoms. The van der Waals surface area contributed by atoms with Gasteiger partial charge >= 0.3 is 0 Å². The van der Waals surface area contributed by atoms with Gasteiger partial charge in [-0.3, -0.25) is 0 Å². The predicted molar refractivity (Wildman–Crippen MR) is 108 cm³/mol. The molecule has 1 fully saturated rings. The molecule has 1 aliphatic rings. The number of nitriles is 1. The minimum absolute atomic E-state index is 0.579. The Morgan fingerprint density at radius 2 is 1.76 bits per heavy atom. The quantitative estimate of drug-likeness (QED) is 0.322. The smallest absolute Gasteiger partial charge is 0.0991 e. The Labute approximate surface area is 155 Å². The average molecular weight is 338 g/mol. The molecule has 1 unspecified atom stereocenters. The molecule has 0 aromatic heterocycles. The molecule has 25 heavy (non-hydrogen) atoms. The van der Waals surface area contributed by atoms with Gasteiger partial charge in [-0.25, -0.2) is 0 Å². The van der Waals surface area contributed by atoms with Crippen LogP contribution in [0.2, 0.25) is 0 Å². The molecule has 2 rings (SSSR count). The van der Waals surface area contributed by atoms with E-state index in [0.717, 1.165) is 23.8 Å². The highest BCUT2D eigenvalue weighted by molar-refractivity contribution is 5.33. The van der Waals surface area contributed by atoms with Crippen LogP contribution >= 0.6 is 0 Å². The van der Waals surface area contributed by atoms with Crippen molar-refractivity contribution in [2.75, 3.05) is 0 Å². The molecule has 1 atom stereocenters. The van der Waals surface area contributed by atoms with Crippen LogP contribution in [0.25, 0.3) is 0 Å². The Morgan fingerprint density at radius 1 is 1.08 bits per heavy atom. The molecular weight excluding hydrogens is 302 g/mol. The molecular formula is C24H35N. The summed E-state index contributed by atoms with van der Waals surface area (Å²) in [6.07, 6.45) is 17.1. The molecule has 1 heteroatoms. The van der Waals surface area contributed by atoms with Gasteiger partial charge in [-0.15, -0.1) is 6.58 Å². The molecule has 1 nitrogen and oxygen atoms in total. The molecule has 0 saturated heterocycles. The van der Waals surface area contributed by atoms with Crippen LogP contribution in [-0.4, -0.2) is 0 Å². The second-order valence-electron chi connectivity index (χ2n) is 7.85. The molecule has 0 radical (unpaired) electrons. The third kappa shape index (κ3) is 6.35. The van der Waals surface area contributed by atoms with Crippen LogP contribution in [0.3, 0.4) is 0 Å². The summed E-state index contributed by atoms with van der Waals surface area (Å²) in [5, 5.41) is 9.00. The number of hydrogen-bond acceptors (Lipinski definition) is 1. The zero-order chi connectivity index (χ0) is 17.9. The summed E-state index contributed by atoms with van der Waals surface area (Å²) in [6.45, 7) is 6.27. The Morgan fingerprint density at radius 3 is 2.36 bits per heavy atom. The number of nitrogens with zero attached hydrogens (tertiary/aromatic N) is 1. The topological polar surface area (TPSA) is 23.8 Å². The van der Waals surface area contributed by atoms with Gasteiger partial charge in [-0.2, -0.15) is 5.26 Å². The van der Waals surface area contributed by atoms with Gasteiger partial charge in [0.25, 0.3) is 0 Å². The lowest BCUT2D eigenvalue weighted by atomic mass is 9.71. The van der Waals surface area contributed by atoms with Gasteiger partial charge in [0.15, 0.2) is 0 Å². The van der Waals surface area contributed by atoms with Crippen LogP contribution in [0, 0.1) is 23.2 Å². The van der Waals surface area contributed by atoms with Crippen molar-refractivity contribution >= 4 is 0 Å². The summed E-state index contributed by atoms with van der Waals surface area (Å²) in [5.41, 5.74) is 2.15. The molecule has 0 bridgehead atoms. The number of benzene rings is 1. The monoisotopic (exact) mass is 337 g/mol. The SMILES string of the molecule is C=CCC(c1ccc(C#N)cc1)[C@H]1CC[C@H](CCCCCCC)CC1. The van der Waals surface area contributed by atoms with Crippen LogP contribution in [0.5, 0.6) is 0 Å². The summed E-state index contributed by atoms with van der Waals surface area (Å²) in [6, 6.07) is 10.5. The van der Waals surface area contributed by atoms with E-state index in [1.54, 1.807) is 0 Å². The lowest BCUT2D eigenvalue weighted by molar-refractivity contribution is 0.230. The van der Waals surface area contributed by atoms with Crippen molar-refractivity contribution in [3.05, 3.63) is 48.0 Å². The molecule has 1 saturated carbocycles. The largest absolute Gasteiger partial charge is 0.192 e. The van der Waals surface area contributed by atoms with E-state index >= 15 is 0 Å². The van der Waals surface area contributed by atoms with Crippen molar-refractivity contribution < 1.29 is 0 Å². The molecule has 1 aromatic rings. The minimum atomic E-state index is 0.579. The van der Waals surface area contributed by atoms with Crippen molar-refractivity contribution in [1.29, 1.82) is 5.26 Å². The normalized spacial score (nSPS) is 21.4. The lowest BCUT2D eigenvalue weighted by Gasteiger charge is -2.34. The fourth-order valence-electron chi connectivity index (χ4n) is 4.50. The second-order valence-corrected chi connectivity index (χ2v) is 7.85. The van der Waals surface area contributed by atoms with Crippen LogP contribution in [0.15, 0.2) is 36.9 Å². The molecule has 0 aliphatic heterocycles. The molecule has 136 valence electrons. The van der Waals surface area contributed by atoms with Crippen molar-refractivity contribution in [1.82, 2.24) is 0 Å². The first-order valence-electron chi connectivity index (χ1n) is 10.4. The van der Waals surface area contributed by atoms with Crippen molar-refractivity contribution in [2.24, 2.45) is 11.8 Å². The third-order valence-corrected chi connectivity index (χ3v) is 6.06. The summed E-state index contributed by atoms with van der Waals surface area (Å²) in [7, 11) is 0. The zero-order valence-corrected chi connectivity index (χ0v) is 16.1. The predicted octanol–water partition coefficient (Wildman–Crippen LogP) is 7.38. The van der Waals surface area contributed by atoms with E-state index in [1.807, 2.05) is 12.1 Å². The summed E-state index contributed by atoms with van der Waals surface area (Å²) in [4.78, 5) is 0. The molecule has 1 aromatic carbocycles. The van der Waals surface area contributed by atoms with Crippen molar-refractivity contribution in [3.63, 3.8) is 0 Å². The standard InChI is InChI=1S/C24H35N/c1-3-5-6-7-8-10-20-11-15-22(16-12-20)24(9-4-2)23-17-13-21(19-25)14-18-23/h4,13-14,17-18,20,22,24H,2-3,5-12,15-16H2,1H3/t20-,22-,24?. The number of hydrogen-bond donors (Lipinski definition) is 0. The molecule has 1 aliphatic carbocycles. The Hall–Kier alpha value is -1.55. The van der Waals surface area contributed by atoms with Crippen molar-refractivity contribution in [2.45, 2.75) is 83.5 Å². The maximum Gasteiger partial charge on any atom is 0.0991 e. The first-order valence-corrected chi connectivity index (χ1v) is 10.4. The highest BCUT2D eigenvalue weighted by atomic mass is 14.3. The highest BCUT2D eigenvalue weighted by Gasteiger charge is 2.27. The van der Waals surface area contributed by atoms with E-state index < -0.39 is 0 Å². The first kappa shape index (κ1) is 19.8. The lowest BCUT2D eigenvalue weighted by Crippen LogP contribution is -2.20. The van der Waals surface area contributed by atoms with Gasteiger partial charge in [0.2, 0.25) is 0 Å². The molecule has 0 N–H and O–H groups in total. The second kappa shape index (κ2) is 11.1.